The molecule has 0 unspecified atom stereocenters. The average molecular weight is 842 g/mol. The van der Waals surface area contributed by atoms with Crippen LogP contribution in [0.4, 0.5) is 18.4 Å². The molecule has 0 saturated carbocycles. The van der Waals surface area contributed by atoms with Crippen LogP contribution in [0.3, 0.4) is 0 Å². The van der Waals surface area contributed by atoms with Gasteiger partial charge in [0.1, 0.15) is 22.8 Å². The van der Waals surface area contributed by atoms with Crippen LogP contribution in [0.2, 0.25) is 0 Å². The van der Waals surface area contributed by atoms with Gasteiger partial charge in [-0.05, 0) is 142 Å². The highest BCUT2D eigenvalue weighted by Crippen LogP contribution is 2.45. The molecule has 318 valence electrons. The number of hydrogen-bond acceptors (Lipinski definition) is 10. The highest BCUT2D eigenvalue weighted by Gasteiger charge is 2.38. The lowest BCUT2D eigenvalue weighted by Crippen LogP contribution is -2.39. The number of carbonyl (C=O) groups excluding carboxylic acids is 2. The van der Waals surface area contributed by atoms with Gasteiger partial charge in [-0.3, -0.25) is 25.5 Å². The number of aryl methyl sites for hydroxylation is 2. The fraction of sp³-hybridized carbons (Fsp3) is 0.545. The Kier molecular flexibility index (Phi) is 15.5. The Labute approximate surface area is 351 Å². The highest BCUT2D eigenvalue weighted by atomic mass is 32.2. The fourth-order valence-corrected chi connectivity index (χ4v) is 9.15. The Morgan fingerprint density at radius 2 is 1.16 bits per heavy atom. The van der Waals surface area contributed by atoms with Crippen LogP contribution >= 0.6 is 23.5 Å². The standard InChI is InChI=1S/C24H34FN3O2S.C20H27FN2O3S/c1-16-9-10-19(25)18(13-16)24(6)14-20(17(2)15-28-11-7-8-12-28)31-21(27-24)26-22(29)30-23(3,4)5;1-12-7-8-15(21)14(9-12)20(6)10-16(13(2)11-24)27-17(23-20)22-18(25)26-19(3,4)5/h9-10,13H,7-8,11-12,14-15H2,1-6H3,(H,26,27,29);7-9,24H,10-11H2,1-6H3,(H,22,23,25)/b20-17-;16-13-/t24-;20-/m00/s1. The van der Waals surface area contributed by atoms with E-state index in [4.69, 9.17) is 14.5 Å². The van der Waals surface area contributed by atoms with Crippen molar-refractivity contribution in [3.05, 3.63) is 91.2 Å². The van der Waals surface area contributed by atoms with E-state index in [1.54, 1.807) is 39.0 Å². The summed E-state index contributed by atoms with van der Waals surface area (Å²) in [4.78, 5) is 38.4. The molecule has 0 spiro atoms. The number of rotatable bonds is 5. The quantitative estimate of drug-likeness (QED) is 0.272. The van der Waals surface area contributed by atoms with Gasteiger partial charge in [0.2, 0.25) is 0 Å². The summed E-state index contributed by atoms with van der Waals surface area (Å²) in [7, 11) is 0. The second-order valence-corrected chi connectivity index (χ2v) is 19.9. The third-order valence-corrected chi connectivity index (χ3v) is 11.9. The van der Waals surface area contributed by atoms with Crippen molar-refractivity contribution in [2.24, 2.45) is 9.98 Å². The summed E-state index contributed by atoms with van der Waals surface area (Å²) >= 11 is 2.71. The van der Waals surface area contributed by atoms with Crippen LogP contribution in [-0.4, -0.2) is 70.0 Å². The van der Waals surface area contributed by atoms with E-state index in [2.05, 4.69) is 27.4 Å². The van der Waals surface area contributed by atoms with Gasteiger partial charge in [0.15, 0.2) is 10.3 Å². The van der Waals surface area contributed by atoms with Gasteiger partial charge in [0.05, 0.1) is 17.7 Å². The van der Waals surface area contributed by atoms with E-state index in [1.165, 1.54) is 54.1 Å². The molecule has 1 saturated heterocycles. The Morgan fingerprint density at radius 1 is 0.759 bits per heavy atom. The maximum absolute atomic E-state index is 14.9. The van der Waals surface area contributed by atoms with Crippen LogP contribution in [-0.2, 0) is 20.6 Å². The number of aliphatic hydroxyl groups excluding tert-OH is 1. The van der Waals surface area contributed by atoms with E-state index in [9.17, 15) is 23.5 Å². The van der Waals surface area contributed by atoms with Crippen molar-refractivity contribution >= 4 is 46.0 Å². The SMILES string of the molecule is C/C(CN1CCCC1)=C1\C[C@@](C)(c2cc(C)ccc2F)N=C(NC(=O)OC(C)(C)C)S1.C/C(CO)=C1\C[C@@](C)(c2cc(C)ccc2F)N=C(NC(=O)OC(C)(C)C)S1. The first-order valence-electron chi connectivity index (χ1n) is 19.7. The minimum Gasteiger partial charge on any atom is -0.444 e. The molecule has 1 fully saturated rings. The van der Waals surface area contributed by atoms with Crippen molar-refractivity contribution in [1.82, 2.24) is 15.5 Å². The van der Waals surface area contributed by atoms with Crippen molar-refractivity contribution < 1.29 is 33.0 Å². The van der Waals surface area contributed by atoms with Crippen LogP contribution < -0.4 is 10.6 Å². The maximum atomic E-state index is 14.9. The van der Waals surface area contributed by atoms with Crippen molar-refractivity contribution in [3.63, 3.8) is 0 Å². The first kappa shape index (κ1) is 47.0. The molecule has 3 aliphatic rings. The molecule has 0 bridgehead atoms. The van der Waals surface area contributed by atoms with Gasteiger partial charge in [0, 0.05) is 30.5 Å². The number of amidine groups is 2. The average Bonchev–Trinajstić information content (AvgIpc) is 3.61. The normalized spacial score (nSPS) is 23.2. The van der Waals surface area contributed by atoms with Crippen molar-refractivity contribution in [2.45, 2.75) is 131 Å². The van der Waals surface area contributed by atoms with Crippen LogP contribution in [0, 0.1) is 25.5 Å². The van der Waals surface area contributed by atoms with Gasteiger partial charge in [-0.15, -0.1) is 0 Å². The molecule has 14 heteroatoms. The van der Waals surface area contributed by atoms with Crippen LogP contribution in [0.25, 0.3) is 0 Å². The molecule has 5 rings (SSSR count). The van der Waals surface area contributed by atoms with Crippen LogP contribution in [0.1, 0.15) is 117 Å². The van der Waals surface area contributed by atoms with E-state index in [0.717, 1.165) is 46.1 Å². The summed E-state index contributed by atoms with van der Waals surface area (Å²) in [5.74, 6) is -0.631. The predicted octanol–water partition coefficient (Wildman–Crippen LogP) is 10.4. The summed E-state index contributed by atoms with van der Waals surface area (Å²) in [6.07, 6.45) is 2.32. The van der Waals surface area contributed by atoms with Gasteiger partial charge >= 0.3 is 12.2 Å². The monoisotopic (exact) mass is 841 g/mol. The molecule has 0 aromatic heterocycles. The number of thioether (sulfide) groups is 2. The number of ether oxygens (including phenoxy) is 2. The fourth-order valence-electron chi connectivity index (χ4n) is 6.74. The molecule has 0 aliphatic carbocycles. The largest absolute Gasteiger partial charge is 0.444 e. The Bertz CT molecular complexity index is 1980. The number of hydrogen-bond donors (Lipinski definition) is 3. The van der Waals surface area contributed by atoms with E-state index < -0.39 is 34.5 Å². The molecule has 2 aromatic rings. The molecular formula is C44H61F2N5O5S2. The zero-order valence-electron chi connectivity index (χ0n) is 36.1. The molecule has 3 heterocycles. The number of nitrogens with zero attached hydrogens (tertiary/aromatic N) is 3. The molecular weight excluding hydrogens is 781 g/mol. The first-order valence-corrected chi connectivity index (χ1v) is 21.3. The molecule has 2 aromatic carbocycles. The smallest absolute Gasteiger partial charge is 0.413 e. The number of aliphatic imine (C=N–C) groups is 2. The van der Waals surface area contributed by atoms with Crippen LogP contribution in [0.15, 0.2) is 67.3 Å². The highest BCUT2D eigenvalue weighted by molar-refractivity contribution is 8.17. The summed E-state index contributed by atoms with van der Waals surface area (Å²) in [5.41, 5.74) is 1.93. The summed E-state index contributed by atoms with van der Waals surface area (Å²) < 4.78 is 40.1. The molecule has 2 amide bonds. The summed E-state index contributed by atoms with van der Waals surface area (Å²) in [6.45, 7) is 25.3. The molecule has 2 atom stereocenters. The van der Waals surface area contributed by atoms with Gasteiger partial charge in [-0.25, -0.2) is 18.4 Å². The summed E-state index contributed by atoms with van der Waals surface area (Å²) in [5, 5.41) is 15.8. The number of halogens is 2. The van der Waals surface area contributed by atoms with E-state index in [-0.39, 0.29) is 18.2 Å². The number of carbonyl (C=O) groups is 2. The molecule has 3 aliphatic heterocycles. The second-order valence-electron chi connectivity index (χ2n) is 17.7. The number of likely N-dealkylation sites (tertiary alicyclic amines) is 1. The number of nitrogens with one attached hydrogen (secondary N) is 2. The topological polar surface area (TPSA) is 125 Å². The van der Waals surface area contributed by atoms with E-state index in [0.29, 0.717) is 34.3 Å². The molecule has 10 nitrogen and oxygen atoms in total. The van der Waals surface area contributed by atoms with Crippen molar-refractivity contribution in [1.29, 1.82) is 0 Å². The number of amides is 2. The Balaban J connectivity index is 0.000000259. The second kappa shape index (κ2) is 19.1. The minimum atomic E-state index is -0.905. The zero-order valence-corrected chi connectivity index (χ0v) is 37.7. The van der Waals surface area contributed by atoms with Crippen molar-refractivity contribution in [2.75, 3.05) is 26.2 Å². The van der Waals surface area contributed by atoms with Crippen molar-refractivity contribution in [3.8, 4) is 0 Å². The lowest BCUT2D eigenvalue weighted by atomic mass is 9.87. The van der Waals surface area contributed by atoms with Gasteiger partial charge < -0.3 is 14.6 Å². The van der Waals surface area contributed by atoms with Gasteiger partial charge in [-0.1, -0.05) is 58.9 Å². The van der Waals surface area contributed by atoms with E-state index in [1.807, 2.05) is 61.5 Å². The number of aliphatic hydroxyl groups is 1. The van der Waals surface area contributed by atoms with E-state index >= 15 is 0 Å². The third-order valence-electron chi connectivity index (χ3n) is 9.61. The maximum Gasteiger partial charge on any atom is 0.413 e. The number of alkyl carbamates (subject to hydrolysis) is 2. The number of benzene rings is 2. The zero-order chi connectivity index (χ0) is 43.2. The molecule has 58 heavy (non-hydrogen) atoms. The lowest BCUT2D eigenvalue weighted by molar-refractivity contribution is 0.0552. The minimum absolute atomic E-state index is 0.117. The predicted molar refractivity (Wildman–Crippen MR) is 233 cm³/mol. The molecule has 3 N–H and O–H groups in total. The Hall–Kier alpha value is -3.72. The van der Waals surface area contributed by atoms with Crippen LogP contribution in [0.5, 0.6) is 0 Å². The lowest BCUT2D eigenvalue weighted by Gasteiger charge is -2.34. The molecule has 0 radical (unpaired) electrons. The van der Waals surface area contributed by atoms with Gasteiger partial charge in [0.25, 0.3) is 0 Å². The summed E-state index contributed by atoms with van der Waals surface area (Å²) in [6, 6.07) is 10.0. The van der Waals surface area contributed by atoms with Gasteiger partial charge in [-0.2, -0.15) is 0 Å². The Morgan fingerprint density at radius 3 is 1.53 bits per heavy atom. The first-order chi connectivity index (χ1) is 26.9. The third kappa shape index (κ3) is 13.4.